The molecule has 0 bridgehead atoms. The Labute approximate surface area is 127 Å². The van der Waals surface area contributed by atoms with Gasteiger partial charge in [-0.05, 0) is 25.0 Å². The molecule has 0 spiro atoms. The van der Waals surface area contributed by atoms with Crippen LogP contribution in [0.2, 0.25) is 0 Å². The van der Waals surface area contributed by atoms with E-state index in [0.717, 1.165) is 0 Å². The van der Waals surface area contributed by atoms with E-state index >= 15 is 0 Å². The Morgan fingerprint density at radius 3 is 3.00 bits per heavy atom. The Morgan fingerprint density at radius 1 is 1.50 bits per heavy atom. The number of allylic oxidation sites excluding steroid dienone is 1. The molecule has 1 amide bonds. The Morgan fingerprint density at radius 2 is 2.32 bits per heavy atom. The number of carbonyl (C=O) groups excluding carboxylic acids is 1. The first-order chi connectivity index (χ1) is 10.6. The predicted molar refractivity (Wildman–Crippen MR) is 82.9 cm³/mol. The van der Waals surface area contributed by atoms with Crippen molar-refractivity contribution in [1.29, 1.82) is 0 Å². The highest BCUT2D eigenvalue weighted by Gasteiger charge is 2.26. The van der Waals surface area contributed by atoms with Crippen LogP contribution in [0.15, 0.2) is 35.4 Å². The first-order valence-corrected chi connectivity index (χ1v) is 6.81. The molecule has 2 unspecified atom stereocenters. The number of amides is 1. The Kier molecular flexibility index (Phi) is 5.34. The maximum absolute atomic E-state index is 11.7. The van der Waals surface area contributed by atoms with E-state index in [1.165, 1.54) is 18.3 Å². The molecule has 1 aromatic rings. The molecule has 2 rings (SSSR count). The second-order valence-electron chi connectivity index (χ2n) is 4.94. The van der Waals surface area contributed by atoms with Crippen molar-refractivity contribution in [3.8, 4) is 0 Å². The monoisotopic (exact) mass is 303 g/mol. The smallest absolute Gasteiger partial charge is 0.270 e. The lowest BCUT2D eigenvalue weighted by atomic mass is 10.1. The topological polar surface area (TPSA) is 109 Å². The van der Waals surface area contributed by atoms with E-state index in [4.69, 9.17) is 0 Å². The van der Waals surface area contributed by atoms with Crippen LogP contribution in [0.5, 0.6) is 0 Å². The molecule has 2 atom stereocenters. The minimum Gasteiger partial charge on any atom is -0.271 e. The summed E-state index contributed by atoms with van der Waals surface area (Å²) in [5.41, 5.74) is 8.97. The van der Waals surface area contributed by atoms with E-state index in [-0.39, 0.29) is 23.7 Å². The van der Waals surface area contributed by atoms with E-state index in [2.05, 4.69) is 21.4 Å². The molecule has 0 aromatic heterocycles. The van der Waals surface area contributed by atoms with Crippen molar-refractivity contribution in [2.45, 2.75) is 25.4 Å². The zero-order chi connectivity index (χ0) is 15.9. The van der Waals surface area contributed by atoms with Crippen LogP contribution in [0.3, 0.4) is 0 Å². The van der Waals surface area contributed by atoms with Crippen molar-refractivity contribution in [3.05, 3.63) is 46.0 Å². The third-order valence-corrected chi connectivity index (χ3v) is 3.11. The molecule has 1 aliphatic rings. The molecule has 8 heteroatoms. The summed E-state index contributed by atoms with van der Waals surface area (Å²) < 4.78 is 0. The van der Waals surface area contributed by atoms with Crippen molar-refractivity contribution in [3.63, 3.8) is 0 Å². The van der Waals surface area contributed by atoms with Crippen LogP contribution < -0.4 is 16.3 Å². The summed E-state index contributed by atoms with van der Waals surface area (Å²) >= 11 is 0. The number of hydrogen-bond donors (Lipinski definition) is 3. The maximum Gasteiger partial charge on any atom is 0.270 e. The number of hydrazine groups is 1. The number of hydrazone groups is 1. The van der Waals surface area contributed by atoms with Crippen molar-refractivity contribution in [2.75, 3.05) is 0 Å². The minimum absolute atomic E-state index is 0.0290. The molecule has 0 saturated carbocycles. The minimum atomic E-state index is -0.449. The molecule has 8 nitrogen and oxygen atoms in total. The van der Waals surface area contributed by atoms with Crippen LogP contribution in [-0.4, -0.2) is 29.1 Å². The van der Waals surface area contributed by atoms with Crippen molar-refractivity contribution in [2.24, 2.45) is 5.10 Å². The number of nitro benzene ring substituents is 1. The molecule has 1 aliphatic heterocycles. The zero-order valence-corrected chi connectivity index (χ0v) is 12.0. The molecule has 0 radical (unpaired) electrons. The molecule has 1 fully saturated rings. The van der Waals surface area contributed by atoms with Gasteiger partial charge >= 0.3 is 0 Å². The van der Waals surface area contributed by atoms with Gasteiger partial charge in [0.1, 0.15) is 6.04 Å². The molecule has 22 heavy (non-hydrogen) atoms. The molecule has 116 valence electrons. The standard InChI is InChI=1S/C14H17N5O3/c1-10-8-13(17-16-10)14(20)18-15-7-3-5-11-4-2-6-12(9-11)19(21)22/h2-7,9-10,13,16-17H,8H2,1H3,(H,18,20)/b5-3+,15-7+. The van der Waals surface area contributed by atoms with Gasteiger partial charge in [-0.25, -0.2) is 10.9 Å². The molecule has 3 N–H and O–H groups in total. The van der Waals surface area contributed by atoms with Crippen LogP contribution >= 0.6 is 0 Å². The van der Waals surface area contributed by atoms with E-state index in [0.29, 0.717) is 12.0 Å². The van der Waals surface area contributed by atoms with Gasteiger partial charge in [0, 0.05) is 24.4 Å². The highest BCUT2D eigenvalue weighted by atomic mass is 16.6. The van der Waals surface area contributed by atoms with Gasteiger partial charge in [-0.2, -0.15) is 5.10 Å². The van der Waals surface area contributed by atoms with Crippen molar-refractivity contribution >= 4 is 23.9 Å². The van der Waals surface area contributed by atoms with Gasteiger partial charge in [0.15, 0.2) is 0 Å². The molecular formula is C14H17N5O3. The molecule has 1 aromatic carbocycles. The Hall–Kier alpha value is -2.58. The lowest BCUT2D eigenvalue weighted by Crippen LogP contribution is -2.41. The Balaban J connectivity index is 1.83. The third kappa shape index (κ3) is 4.47. The summed E-state index contributed by atoms with van der Waals surface area (Å²) in [6.07, 6.45) is 5.38. The summed E-state index contributed by atoms with van der Waals surface area (Å²) in [7, 11) is 0. The van der Waals surface area contributed by atoms with Crippen LogP contribution in [0, 0.1) is 10.1 Å². The normalized spacial score (nSPS) is 21.5. The molecule has 0 aliphatic carbocycles. The van der Waals surface area contributed by atoms with Gasteiger partial charge in [0.05, 0.1) is 4.92 Å². The first kappa shape index (κ1) is 15.8. The van der Waals surface area contributed by atoms with Gasteiger partial charge in [-0.15, -0.1) is 0 Å². The summed E-state index contributed by atoms with van der Waals surface area (Å²) in [4.78, 5) is 21.9. The van der Waals surface area contributed by atoms with E-state index in [1.54, 1.807) is 24.3 Å². The SMILES string of the molecule is CC1CC(C(=O)N/N=C/C=C/c2cccc([N+](=O)[O-])c2)NN1. The van der Waals surface area contributed by atoms with Gasteiger partial charge in [-0.1, -0.05) is 18.2 Å². The highest BCUT2D eigenvalue weighted by molar-refractivity contribution is 5.84. The van der Waals surface area contributed by atoms with E-state index in [1.807, 2.05) is 6.92 Å². The molecule has 1 heterocycles. The van der Waals surface area contributed by atoms with Crippen LogP contribution in [0.4, 0.5) is 5.69 Å². The van der Waals surface area contributed by atoms with Crippen LogP contribution in [0.25, 0.3) is 6.08 Å². The number of nitro groups is 1. The highest BCUT2D eigenvalue weighted by Crippen LogP contribution is 2.13. The number of benzene rings is 1. The largest absolute Gasteiger partial charge is 0.271 e. The fourth-order valence-corrected chi connectivity index (χ4v) is 2.00. The predicted octanol–water partition coefficient (Wildman–Crippen LogP) is 0.965. The summed E-state index contributed by atoms with van der Waals surface area (Å²) in [5.74, 6) is -0.211. The van der Waals surface area contributed by atoms with Gasteiger partial charge in [-0.3, -0.25) is 20.3 Å². The quantitative estimate of drug-likeness (QED) is 0.426. The number of rotatable bonds is 5. The van der Waals surface area contributed by atoms with Crippen LogP contribution in [0.1, 0.15) is 18.9 Å². The molecule has 1 saturated heterocycles. The summed E-state index contributed by atoms with van der Waals surface area (Å²) in [6.45, 7) is 1.98. The third-order valence-electron chi connectivity index (χ3n) is 3.11. The average Bonchev–Trinajstić information content (AvgIpc) is 2.93. The second kappa shape index (κ2) is 7.43. The summed E-state index contributed by atoms with van der Waals surface area (Å²) in [6, 6.07) is 6.18. The molecular weight excluding hydrogens is 286 g/mol. The fourth-order valence-electron chi connectivity index (χ4n) is 2.00. The number of non-ortho nitro benzene ring substituents is 1. The fraction of sp³-hybridized carbons (Fsp3) is 0.286. The van der Waals surface area contributed by atoms with Gasteiger partial charge in [0.25, 0.3) is 11.6 Å². The first-order valence-electron chi connectivity index (χ1n) is 6.81. The van der Waals surface area contributed by atoms with Gasteiger partial charge in [0.2, 0.25) is 0 Å². The van der Waals surface area contributed by atoms with Crippen molar-refractivity contribution < 1.29 is 9.72 Å². The lowest BCUT2D eigenvalue weighted by molar-refractivity contribution is -0.384. The van der Waals surface area contributed by atoms with E-state index in [9.17, 15) is 14.9 Å². The van der Waals surface area contributed by atoms with E-state index < -0.39 is 4.92 Å². The van der Waals surface area contributed by atoms with Crippen LogP contribution in [-0.2, 0) is 4.79 Å². The summed E-state index contributed by atoms with van der Waals surface area (Å²) in [5, 5.41) is 14.5. The number of nitrogens with one attached hydrogen (secondary N) is 3. The lowest BCUT2D eigenvalue weighted by Gasteiger charge is -2.05. The van der Waals surface area contributed by atoms with Gasteiger partial charge < -0.3 is 0 Å². The average molecular weight is 303 g/mol. The zero-order valence-electron chi connectivity index (χ0n) is 12.0. The Bertz CT molecular complexity index is 614. The number of hydrogen-bond acceptors (Lipinski definition) is 6. The second-order valence-corrected chi connectivity index (χ2v) is 4.94. The number of carbonyl (C=O) groups is 1. The number of nitrogens with zero attached hydrogens (tertiary/aromatic N) is 2. The maximum atomic E-state index is 11.7. The van der Waals surface area contributed by atoms with Crippen molar-refractivity contribution in [1.82, 2.24) is 16.3 Å².